The average molecular weight is 196 g/mol. The predicted octanol–water partition coefficient (Wildman–Crippen LogP) is 1.34. The Balaban J connectivity index is 2.23. The maximum Gasteiger partial charge on any atom is 0.330 e. The number of nitro groups is 1. The van der Waals surface area contributed by atoms with Crippen LogP contribution < -0.4 is 5.73 Å². The molecule has 0 radical (unpaired) electrons. The van der Waals surface area contributed by atoms with E-state index in [-0.39, 0.29) is 17.5 Å². The van der Waals surface area contributed by atoms with Gasteiger partial charge in [-0.3, -0.25) is 10.1 Å². The van der Waals surface area contributed by atoms with Gasteiger partial charge in [0.25, 0.3) is 0 Å². The minimum atomic E-state index is -0.499. The van der Waals surface area contributed by atoms with Crippen LogP contribution in [0.5, 0.6) is 0 Å². The number of hydrogen-bond donors (Lipinski definition) is 1. The van der Waals surface area contributed by atoms with Crippen LogP contribution in [0.3, 0.4) is 0 Å². The van der Waals surface area contributed by atoms with Crippen molar-refractivity contribution in [1.29, 1.82) is 0 Å². The second-order valence-electron chi connectivity index (χ2n) is 3.85. The van der Waals surface area contributed by atoms with Crippen LogP contribution in [0.1, 0.15) is 25.8 Å². The molecule has 0 unspecified atom stereocenters. The molecule has 1 aliphatic rings. The molecule has 0 amide bonds. The van der Waals surface area contributed by atoms with Crippen molar-refractivity contribution in [3.63, 3.8) is 0 Å². The molecule has 1 saturated carbocycles. The fourth-order valence-corrected chi connectivity index (χ4v) is 1.85. The van der Waals surface area contributed by atoms with E-state index >= 15 is 0 Å². The van der Waals surface area contributed by atoms with Crippen molar-refractivity contribution in [3.05, 3.63) is 16.3 Å². The number of anilines is 1. The zero-order valence-corrected chi connectivity index (χ0v) is 7.88. The van der Waals surface area contributed by atoms with Gasteiger partial charge in [-0.15, -0.1) is 0 Å². The summed E-state index contributed by atoms with van der Waals surface area (Å²) in [6.07, 6.45) is 3.23. The maximum absolute atomic E-state index is 10.5. The van der Waals surface area contributed by atoms with Crippen molar-refractivity contribution in [1.82, 2.24) is 9.78 Å². The first kappa shape index (κ1) is 8.98. The van der Waals surface area contributed by atoms with Crippen molar-refractivity contribution >= 4 is 11.5 Å². The Labute approximate surface area is 80.9 Å². The molecule has 6 nitrogen and oxygen atoms in total. The molecule has 6 heteroatoms. The highest BCUT2D eigenvalue weighted by molar-refractivity contribution is 5.51. The lowest BCUT2D eigenvalue weighted by molar-refractivity contribution is -0.384. The molecule has 1 heterocycles. The van der Waals surface area contributed by atoms with Crippen molar-refractivity contribution in [3.8, 4) is 0 Å². The Bertz CT molecular complexity index is 367. The van der Waals surface area contributed by atoms with Gasteiger partial charge >= 0.3 is 5.69 Å². The van der Waals surface area contributed by atoms with Gasteiger partial charge in [0.1, 0.15) is 6.20 Å². The molecule has 0 atom stereocenters. The second kappa shape index (κ2) is 2.97. The summed E-state index contributed by atoms with van der Waals surface area (Å²) in [5, 5.41) is 14.4. The SMILES string of the molecule is CC1CC(n2ncc([N+](=O)[O-])c2N)C1. The van der Waals surface area contributed by atoms with Crippen LogP contribution in [0.2, 0.25) is 0 Å². The lowest BCUT2D eigenvalue weighted by Gasteiger charge is -2.32. The van der Waals surface area contributed by atoms with Gasteiger partial charge in [-0.05, 0) is 18.8 Å². The van der Waals surface area contributed by atoms with E-state index in [4.69, 9.17) is 5.73 Å². The zero-order chi connectivity index (χ0) is 10.3. The van der Waals surface area contributed by atoms with Crippen molar-refractivity contribution in [2.75, 3.05) is 5.73 Å². The third-order valence-electron chi connectivity index (χ3n) is 2.71. The third kappa shape index (κ3) is 1.23. The number of rotatable bonds is 2. The fraction of sp³-hybridized carbons (Fsp3) is 0.625. The highest BCUT2D eigenvalue weighted by atomic mass is 16.6. The fourth-order valence-electron chi connectivity index (χ4n) is 1.85. The molecular formula is C8H12N4O2. The molecule has 0 saturated heterocycles. The number of aromatic nitrogens is 2. The molecule has 0 aliphatic heterocycles. The molecule has 14 heavy (non-hydrogen) atoms. The molecule has 1 aliphatic carbocycles. The molecule has 2 N–H and O–H groups in total. The lowest BCUT2D eigenvalue weighted by Crippen LogP contribution is -2.26. The Morgan fingerprint density at radius 3 is 2.79 bits per heavy atom. The number of nitrogens with zero attached hydrogens (tertiary/aromatic N) is 3. The smallest absolute Gasteiger partial charge is 0.330 e. The molecule has 76 valence electrons. The van der Waals surface area contributed by atoms with Crippen LogP contribution in [-0.4, -0.2) is 14.7 Å². The molecule has 1 aromatic rings. The van der Waals surface area contributed by atoms with Crippen LogP contribution >= 0.6 is 0 Å². The Morgan fingerprint density at radius 1 is 1.71 bits per heavy atom. The normalized spacial score (nSPS) is 25.8. The first-order valence-corrected chi connectivity index (χ1v) is 4.57. The van der Waals surface area contributed by atoms with Gasteiger partial charge in [0.05, 0.1) is 11.0 Å². The van der Waals surface area contributed by atoms with Gasteiger partial charge in [-0.25, -0.2) is 4.68 Å². The van der Waals surface area contributed by atoms with Gasteiger partial charge in [0.15, 0.2) is 0 Å². The average Bonchev–Trinajstić information content (AvgIpc) is 2.41. The molecule has 0 bridgehead atoms. The van der Waals surface area contributed by atoms with E-state index < -0.39 is 4.92 Å². The topological polar surface area (TPSA) is 87.0 Å². The van der Waals surface area contributed by atoms with Crippen molar-refractivity contribution in [2.24, 2.45) is 5.92 Å². The van der Waals surface area contributed by atoms with E-state index in [1.165, 1.54) is 6.20 Å². The molecule has 0 aromatic carbocycles. The third-order valence-corrected chi connectivity index (χ3v) is 2.71. The molecular weight excluding hydrogens is 184 g/mol. The standard InChI is InChI=1S/C8H12N4O2/c1-5-2-6(3-5)11-8(9)7(4-10-11)12(13)14/h4-6H,2-3,9H2,1H3. The molecule has 1 aromatic heterocycles. The van der Waals surface area contributed by atoms with Gasteiger partial charge < -0.3 is 5.73 Å². The number of nitrogens with two attached hydrogens (primary N) is 1. The minimum Gasteiger partial charge on any atom is -0.378 e. The maximum atomic E-state index is 10.5. The second-order valence-corrected chi connectivity index (χ2v) is 3.85. The molecule has 1 fully saturated rings. The lowest BCUT2D eigenvalue weighted by atomic mass is 9.82. The summed E-state index contributed by atoms with van der Waals surface area (Å²) >= 11 is 0. The highest BCUT2D eigenvalue weighted by Gasteiger charge is 2.31. The van der Waals surface area contributed by atoms with E-state index in [2.05, 4.69) is 12.0 Å². The Kier molecular flexibility index (Phi) is 1.90. The van der Waals surface area contributed by atoms with Gasteiger partial charge in [-0.2, -0.15) is 5.10 Å². The van der Waals surface area contributed by atoms with E-state index in [0.29, 0.717) is 5.92 Å². The number of nitrogen functional groups attached to an aromatic ring is 1. The largest absolute Gasteiger partial charge is 0.378 e. The van der Waals surface area contributed by atoms with Gasteiger partial charge in [-0.1, -0.05) is 6.92 Å². The highest BCUT2D eigenvalue weighted by Crippen LogP contribution is 2.39. The first-order chi connectivity index (χ1) is 6.59. The van der Waals surface area contributed by atoms with Crippen molar-refractivity contribution < 1.29 is 4.92 Å². The van der Waals surface area contributed by atoms with E-state index in [9.17, 15) is 10.1 Å². The van der Waals surface area contributed by atoms with Crippen LogP contribution in [0, 0.1) is 16.0 Å². The Hall–Kier alpha value is -1.59. The first-order valence-electron chi connectivity index (χ1n) is 4.57. The summed E-state index contributed by atoms with van der Waals surface area (Å²) in [5.41, 5.74) is 5.53. The summed E-state index contributed by atoms with van der Waals surface area (Å²) in [7, 11) is 0. The monoisotopic (exact) mass is 196 g/mol. The van der Waals surface area contributed by atoms with Crippen LogP contribution in [0.15, 0.2) is 6.20 Å². The van der Waals surface area contributed by atoms with Gasteiger partial charge in [0, 0.05) is 0 Å². The van der Waals surface area contributed by atoms with E-state index in [1.807, 2.05) is 0 Å². The van der Waals surface area contributed by atoms with E-state index in [1.54, 1.807) is 4.68 Å². The summed E-state index contributed by atoms with van der Waals surface area (Å²) in [6.45, 7) is 2.14. The van der Waals surface area contributed by atoms with Gasteiger partial charge in [0.2, 0.25) is 5.82 Å². The summed E-state index contributed by atoms with van der Waals surface area (Å²) in [4.78, 5) is 10.0. The summed E-state index contributed by atoms with van der Waals surface area (Å²) in [6, 6.07) is 0.249. The van der Waals surface area contributed by atoms with Crippen LogP contribution in [0.25, 0.3) is 0 Å². The molecule has 0 spiro atoms. The van der Waals surface area contributed by atoms with Crippen LogP contribution in [0.4, 0.5) is 11.5 Å². The molecule has 2 rings (SSSR count). The minimum absolute atomic E-state index is 0.0930. The Morgan fingerprint density at radius 2 is 2.36 bits per heavy atom. The quantitative estimate of drug-likeness (QED) is 0.571. The summed E-state index contributed by atoms with van der Waals surface area (Å²) < 4.78 is 1.57. The predicted molar refractivity (Wildman–Crippen MR) is 50.7 cm³/mol. The van der Waals surface area contributed by atoms with Crippen molar-refractivity contribution in [2.45, 2.75) is 25.8 Å². The summed E-state index contributed by atoms with van der Waals surface area (Å²) in [5.74, 6) is 0.842. The zero-order valence-electron chi connectivity index (χ0n) is 7.88. The van der Waals surface area contributed by atoms with E-state index in [0.717, 1.165) is 12.8 Å². The van der Waals surface area contributed by atoms with Crippen LogP contribution in [-0.2, 0) is 0 Å². The number of hydrogen-bond acceptors (Lipinski definition) is 4.